The molecule has 0 spiro atoms. The molecule has 0 fully saturated rings. The van der Waals surface area contributed by atoms with E-state index in [1.165, 1.54) is 5.56 Å². The maximum atomic E-state index is 6.00. The largest absolute Gasteiger partial charge is 0.398 e. The first-order valence-corrected chi connectivity index (χ1v) is 5.35. The molecule has 0 saturated heterocycles. The molecule has 0 aliphatic rings. The van der Waals surface area contributed by atoms with Crippen molar-refractivity contribution in [2.75, 3.05) is 5.73 Å². The zero-order valence-electron chi connectivity index (χ0n) is 9.35. The fourth-order valence-corrected chi connectivity index (χ4v) is 1.60. The molecule has 0 radical (unpaired) electrons. The van der Waals surface area contributed by atoms with Crippen LogP contribution in [0.25, 0.3) is 12.2 Å². The van der Waals surface area contributed by atoms with Crippen LogP contribution in [0.3, 0.4) is 0 Å². The quantitative estimate of drug-likeness (QED) is 0.591. The van der Waals surface area contributed by atoms with E-state index in [0.29, 0.717) is 0 Å². The van der Waals surface area contributed by atoms with Crippen molar-refractivity contribution in [2.45, 2.75) is 6.92 Å². The molecule has 1 heteroatoms. The van der Waals surface area contributed by atoms with E-state index in [0.717, 1.165) is 16.8 Å². The molecule has 0 aromatic heterocycles. The lowest BCUT2D eigenvalue weighted by atomic mass is 10.1. The Kier molecular flexibility index (Phi) is 3.06. The van der Waals surface area contributed by atoms with E-state index < -0.39 is 0 Å². The molecule has 0 aliphatic heterocycles. The van der Waals surface area contributed by atoms with E-state index in [2.05, 4.69) is 24.3 Å². The second kappa shape index (κ2) is 4.67. The predicted molar refractivity (Wildman–Crippen MR) is 71.0 cm³/mol. The molecule has 16 heavy (non-hydrogen) atoms. The van der Waals surface area contributed by atoms with Crippen molar-refractivity contribution in [3.8, 4) is 0 Å². The number of hydrogen-bond acceptors (Lipinski definition) is 1. The lowest BCUT2D eigenvalue weighted by Crippen LogP contribution is -1.92. The number of benzene rings is 2. The van der Waals surface area contributed by atoms with Crippen LogP contribution >= 0.6 is 0 Å². The number of anilines is 1. The lowest BCUT2D eigenvalue weighted by Gasteiger charge is -2.03. The van der Waals surface area contributed by atoms with E-state index in [1.54, 1.807) is 0 Å². The fraction of sp³-hybridized carbons (Fsp3) is 0.0667. The molecule has 1 nitrogen and oxygen atoms in total. The van der Waals surface area contributed by atoms with Crippen molar-refractivity contribution in [1.82, 2.24) is 0 Å². The van der Waals surface area contributed by atoms with Crippen molar-refractivity contribution in [3.05, 3.63) is 65.2 Å². The Hall–Kier alpha value is -2.02. The van der Waals surface area contributed by atoms with Gasteiger partial charge in [0.2, 0.25) is 0 Å². The van der Waals surface area contributed by atoms with Gasteiger partial charge in [-0.3, -0.25) is 0 Å². The molecule has 0 heterocycles. The van der Waals surface area contributed by atoms with Crippen LogP contribution in [0, 0.1) is 6.92 Å². The minimum Gasteiger partial charge on any atom is -0.398 e. The maximum Gasteiger partial charge on any atom is 0.0417 e. The number of rotatable bonds is 2. The van der Waals surface area contributed by atoms with Crippen LogP contribution in [0.15, 0.2) is 48.5 Å². The van der Waals surface area contributed by atoms with Gasteiger partial charge in [0.1, 0.15) is 0 Å². The van der Waals surface area contributed by atoms with Crippen LogP contribution in [0.5, 0.6) is 0 Å². The molecular formula is C15H15N. The summed E-state index contributed by atoms with van der Waals surface area (Å²) in [4.78, 5) is 0. The van der Waals surface area contributed by atoms with E-state index >= 15 is 0 Å². The zero-order valence-corrected chi connectivity index (χ0v) is 9.35. The van der Waals surface area contributed by atoms with Gasteiger partial charge in [0.15, 0.2) is 0 Å². The summed E-state index contributed by atoms with van der Waals surface area (Å²) in [5.41, 5.74) is 10.2. The topological polar surface area (TPSA) is 26.0 Å². The van der Waals surface area contributed by atoms with Gasteiger partial charge in [-0.15, -0.1) is 0 Å². The third-order valence-corrected chi connectivity index (χ3v) is 2.61. The third kappa shape index (κ3) is 2.31. The molecule has 2 rings (SSSR count). The number of hydrogen-bond donors (Lipinski definition) is 1. The van der Waals surface area contributed by atoms with Crippen molar-refractivity contribution >= 4 is 17.8 Å². The summed E-state index contributed by atoms with van der Waals surface area (Å²) in [6.45, 7) is 2.02. The smallest absolute Gasteiger partial charge is 0.0417 e. The molecule has 80 valence electrons. The summed E-state index contributed by atoms with van der Waals surface area (Å²) in [6, 6.07) is 16.3. The van der Waals surface area contributed by atoms with Gasteiger partial charge in [0, 0.05) is 5.69 Å². The van der Waals surface area contributed by atoms with Gasteiger partial charge in [-0.1, -0.05) is 60.7 Å². The monoisotopic (exact) mass is 209 g/mol. The molecule has 0 aliphatic carbocycles. The van der Waals surface area contributed by atoms with Crippen LogP contribution in [0.2, 0.25) is 0 Å². The second-order valence-electron chi connectivity index (χ2n) is 3.82. The molecular weight excluding hydrogens is 194 g/mol. The second-order valence-corrected chi connectivity index (χ2v) is 3.82. The van der Waals surface area contributed by atoms with E-state index in [9.17, 15) is 0 Å². The van der Waals surface area contributed by atoms with Gasteiger partial charge in [0.05, 0.1) is 0 Å². The van der Waals surface area contributed by atoms with Crippen molar-refractivity contribution < 1.29 is 0 Å². The standard InChI is InChI=1S/C15H15N/c1-12-6-5-9-14(15(12)16)11-10-13-7-3-2-4-8-13/h2-11H,16H2,1H3. The molecule has 2 aromatic rings. The SMILES string of the molecule is Cc1cccc(C=Cc2ccccc2)c1N. The normalized spacial score (nSPS) is 10.8. The Bertz CT molecular complexity index is 498. The zero-order chi connectivity index (χ0) is 11.4. The van der Waals surface area contributed by atoms with Crippen LogP contribution in [0.4, 0.5) is 5.69 Å². The first kappa shape index (κ1) is 10.5. The van der Waals surface area contributed by atoms with E-state index in [1.807, 2.05) is 43.3 Å². The van der Waals surface area contributed by atoms with Gasteiger partial charge >= 0.3 is 0 Å². The fourth-order valence-electron chi connectivity index (χ4n) is 1.60. The number of aryl methyl sites for hydroxylation is 1. The number of para-hydroxylation sites is 1. The Balaban J connectivity index is 2.28. The maximum absolute atomic E-state index is 6.00. The van der Waals surface area contributed by atoms with Gasteiger partial charge in [-0.2, -0.15) is 0 Å². The van der Waals surface area contributed by atoms with Crippen molar-refractivity contribution in [1.29, 1.82) is 0 Å². The summed E-state index contributed by atoms with van der Waals surface area (Å²) in [6.07, 6.45) is 4.13. The van der Waals surface area contributed by atoms with E-state index in [-0.39, 0.29) is 0 Å². The minimum atomic E-state index is 0.856. The number of nitrogen functional groups attached to an aromatic ring is 1. The Morgan fingerprint density at radius 2 is 1.62 bits per heavy atom. The van der Waals surface area contributed by atoms with Gasteiger partial charge < -0.3 is 5.73 Å². The number of nitrogens with two attached hydrogens (primary N) is 1. The Labute approximate surface area is 96.2 Å². The first-order chi connectivity index (χ1) is 7.77. The molecule has 0 bridgehead atoms. The Morgan fingerprint density at radius 3 is 2.38 bits per heavy atom. The highest BCUT2D eigenvalue weighted by atomic mass is 14.6. The summed E-state index contributed by atoms with van der Waals surface area (Å²) in [7, 11) is 0. The molecule has 0 saturated carbocycles. The van der Waals surface area contributed by atoms with E-state index in [4.69, 9.17) is 5.73 Å². The van der Waals surface area contributed by atoms with Crippen LogP contribution < -0.4 is 5.73 Å². The van der Waals surface area contributed by atoms with Crippen LogP contribution in [-0.4, -0.2) is 0 Å². The average Bonchev–Trinajstić information content (AvgIpc) is 2.32. The summed E-state index contributed by atoms with van der Waals surface area (Å²) in [5.74, 6) is 0. The molecule has 0 unspecified atom stereocenters. The van der Waals surface area contributed by atoms with Gasteiger partial charge in [-0.25, -0.2) is 0 Å². The molecule has 0 amide bonds. The highest BCUT2D eigenvalue weighted by molar-refractivity contribution is 5.76. The average molecular weight is 209 g/mol. The molecule has 0 atom stereocenters. The highest BCUT2D eigenvalue weighted by Crippen LogP contribution is 2.18. The molecule has 2 N–H and O–H groups in total. The lowest BCUT2D eigenvalue weighted by molar-refractivity contribution is 1.46. The first-order valence-electron chi connectivity index (χ1n) is 5.35. The molecule has 2 aromatic carbocycles. The minimum absolute atomic E-state index is 0.856. The predicted octanol–water partition coefficient (Wildman–Crippen LogP) is 3.75. The summed E-state index contributed by atoms with van der Waals surface area (Å²) in [5, 5.41) is 0. The van der Waals surface area contributed by atoms with Crippen molar-refractivity contribution in [2.24, 2.45) is 0 Å². The summed E-state index contributed by atoms with van der Waals surface area (Å²) < 4.78 is 0. The van der Waals surface area contributed by atoms with Crippen LogP contribution in [0.1, 0.15) is 16.7 Å². The van der Waals surface area contributed by atoms with Gasteiger partial charge in [0.25, 0.3) is 0 Å². The van der Waals surface area contributed by atoms with Crippen LogP contribution in [-0.2, 0) is 0 Å². The Morgan fingerprint density at radius 1 is 0.875 bits per heavy atom. The highest BCUT2D eigenvalue weighted by Gasteiger charge is 1.96. The third-order valence-electron chi connectivity index (χ3n) is 2.61. The summed E-state index contributed by atoms with van der Waals surface area (Å²) >= 11 is 0. The van der Waals surface area contributed by atoms with Crippen molar-refractivity contribution in [3.63, 3.8) is 0 Å². The van der Waals surface area contributed by atoms with Gasteiger partial charge in [-0.05, 0) is 23.6 Å².